The van der Waals surface area contributed by atoms with E-state index in [1.807, 2.05) is 0 Å². The number of hydrogen-bond donors (Lipinski definition) is 0. The fourth-order valence-electron chi connectivity index (χ4n) is 5.72. The minimum Gasteiger partial charge on any atom is -0.198 e. The summed E-state index contributed by atoms with van der Waals surface area (Å²) >= 11 is 0. The Kier molecular flexibility index (Phi) is 9.36. The summed E-state index contributed by atoms with van der Waals surface area (Å²) in [4.78, 5) is 0. The highest BCUT2D eigenvalue weighted by Gasteiger charge is 2.39. The Labute approximate surface area is 158 Å². The van der Waals surface area contributed by atoms with Gasteiger partial charge in [-0.2, -0.15) is 5.26 Å². The first-order chi connectivity index (χ1) is 12.2. The van der Waals surface area contributed by atoms with Crippen molar-refractivity contribution in [1.29, 1.82) is 5.26 Å². The fourth-order valence-corrected chi connectivity index (χ4v) is 5.72. The van der Waals surface area contributed by atoms with Gasteiger partial charge in [-0.05, 0) is 49.9 Å². The summed E-state index contributed by atoms with van der Waals surface area (Å²) in [5.74, 6) is 2.81. The van der Waals surface area contributed by atoms with Crippen molar-refractivity contribution in [3.63, 3.8) is 0 Å². The summed E-state index contributed by atoms with van der Waals surface area (Å²) in [5.41, 5.74) is 0.0368. The molecule has 2 fully saturated rings. The van der Waals surface area contributed by atoms with Crippen LogP contribution in [0.5, 0.6) is 0 Å². The molecule has 1 heteroatoms. The first-order valence-corrected chi connectivity index (χ1v) is 11.6. The van der Waals surface area contributed by atoms with Crippen LogP contribution < -0.4 is 0 Å². The van der Waals surface area contributed by atoms with Crippen molar-refractivity contribution in [2.75, 3.05) is 0 Å². The molecule has 1 nitrogen and oxygen atoms in total. The topological polar surface area (TPSA) is 23.8 Å². The summed E-state index contributed by atoms with van der Waals surface area (Å²) in [7, 11) is 0. The van der Waals surface area contributed by atoms with Crippen LogP contribution in [0.4, 0.5) is 0 Å². The van der Waals surface area contributed by atoms with Gasteiger partial charge in [-0.1, -0.05) is 90.9 Å². The van der Waals surface area contributed by atoms with Crippen molar-refractivity contribution in [2.24, 2.45) is 23.2 Å². The Morgan fingerprint density at radius 2 is 1.56 bits per heavy atom. The lowest BCUT2D eigenvalue weighted by Crippen LogP contribution is -2.32. The lowest BCUT2D eigenvalue weighted by molar-refractivity contribution is 0.102. The van der Waals surface area contributed by atoms with Gasteiger partial charge in [-0.15, -0.1) is 0 Å². The summed E-state index contributed by atoms with van der Waals surface area (Å²) < 4.78 is 0. The SMILES string of the molecule is CCCCCCC1CCC(C2CCCC(C#N)(CCCCC)C2)CC1. The molecule has 144 valence electrons. The van der Waals surface area contributed by atoms with E-state index in [0.29, 0.717) is 0 Å². The first kappa shape index (κ1) is 20.8. The zero-order valence-electron chi connectivity index (χ0n) is 17.2. The van der Waals surface area contributed by atoms with Gasteiger partial charge in [-0.25, -0.2) is 0 Å². The molecule has 0 N–H and O–H groups in total. The Morgan fingerprint density at radius 1 is 0.840 bits per heavy atom. The molecule has 0 amide bonds. The van der Waals surface area contributed by atoms with Crippen LogP contribution in [0, 0.1) is 34.5 Å². The third-order valence-corrected chi connectivity index (χ3v) is 7.40. The zero-order valence-corrected chi connectivity index (χ0v) is 17.2. The smallest absolute Gasteiger partial charge is 0.0689 e. The van der Waals surface area contributed by atoms with Gasteiger partial charge in [0.05, 0.1) is 11.5 Å². The van der Waals surface area contributed by atoms with Crippen molar-refractivity contribution in [3.8, 4) is 6.07 Å². The Hall–Kier alpha value is -0.510. The van der Waals surface area contributed by atoms with Crippen LogP contribution in [0.15, 0.2) is 0 Å². The van der Waals surface area contributed by atoms with Crippen molar-refractivity contribution in [1.82, 2.24) is 0 Å². The van der Waals surface area contributed by atoms with Crippen LogP contribution in [0.25, 0.3) is 0 Å². The van der Waals surface area contributed by atoms with Crippen LogP contribution in [0.1, 0.15) is 123 Å². The van der Waals surface area contributed by atoms with Gasteiger partial charge in [0.15, 0.2) is 0 Å². The van der Waals surface area contributed by atoms with Gasteiger partial charge in [0.2, 0.25) is 0 Å². The predicted octanol–water partition coefficient (Wildman–Crippen LogP) is 8.04. The van der Waals surface area contributed by atoms with Crippen LogP contribution in [0.3, 0.4) is 0 Å². The molecule has 2 unspecified atom stereocenters. The van der Waals surface area contributed by atoms with E-state index in [4.69, 9.17) is 0 Å². The largest absolute Gasteiger partial charge is 0.198 e. The van der Waals surface area contributed by atoms with Crippen LogP contribution in [0.2, 0.25) is 0 Å². The molecule has 0 saturated heterocycles. The maximum absolute atomic E-state index is 9.89. The quantitative estimate of drug-likeness (QED) is 0.367. The van der Waals surface area contributed by atoms with E-state index in [2.05, 4.69) is 19.9 Å². The van der Waals surface area contributed by atoms with Crippen molar-refractivity contribution in [2.45, 2.75) is 123 Å². The van der Waals surface area contributed by atoms with E-state index in [1.165, 1.54) is 109 Å². The van der Waals surface area contributed by atoms with E-state index in [1.54, 1.807) is 0 Å². The molecular weight excluding hydrogens is 302 g/mol. The van der Waals surface area contributed by atoms with Crippen LogP contribution >= 0.6 is 0 Å². The van der Waals surface area contributed by atoms with Gasteiger partial charge in [0.1, 0.15) is 0 Å². The van der Waals surface area contributed by atoms with E-state index < -0.39 is 0 Å². The molecule has 0 radical (unpaired) electrons. The van der Waals surface area contributed by atoms with E-state index in [0.717, 1.165) is 17.8 Å². The molecule has 0 spiro atoms. The summed E-state index contributed by atoms with van der Waals surface area (Å²) in [6.07, 6.45) is 23.1. The first-order valence-electron chi connectivity index (χ1n) is 11.6. The Balaban J connectivity index is 1.75. The second-order valence-electron chi connectivity index (χ2n) is 9.34. The van der Waals surface area contributed by atoms with Crippen LogP contribution in [-0.2, 0) is 0 Å². The summed E-state index contributed by atoms with van der Waals surface area (Å²) in [5, 5.41) is 9.89. The molecule has 2 aliphatic carbocycles. The standard InChI is InChI=1S/C24H43N/c1-3-5-7-8-11-21-13-15-22(16-14-21)23-12-10-18-24(19-23,20-25)17-9-6-4-2/h21-23H,3-19H2,1-2H3. The lowest BCUT2D eigenvalue weighted by atomic mass is 9.62. The van der Waals surface area contributed by atoms with Crippen molar-refractivity contribution >= 4 is 0 Å². The molecule has 0 aromatic carbocycles. The molecule has 2 saturated carbocycles. The third-order valence-electron chi connectivity index (χ3n) is 7.40. The van der Waals surface area contributed by atoms with E-state index >= 15 is 0 Å². The summed E-state index contributed by atoms with van der Waals surface area (Å²) in [6.45, 7) is 4.57. The summed E-state index contributed by atoms with van der Waals surface area (Å²) in [6, 6.07) is 2.79. The molecule has 2 atom stereocenters. The minimum absolute atomic E-state index is 0.0368. The van der Waals surface area contributed by atoms with Gasteiger partial charge < -0.3 is 0 Å². The maximum atomic E-state index is 9.89. The number of nitrogens with zero attached hydrogens (tertiary/aromatic N) is 1. The van der Waals surface area contributed by atoms with Crippen LogP contribution in [-0.4, -0.2) is 0 Å². The minimum atomic E-state index is 0.0368. The second-order valence-corrected chi connectivity index (χ2v) is 9.34. The van der Waals surface area contributed by atoms with E-state index in [-0.39, 0.29) is 5.41 Å². The Morgan fingerprint density at radius 3 is 2.24 bits per heavy atom. The Bertz CT molecular complexity index is 387. The van der Waals surface area contributed by atoms with Gasteiger partial charge in [-0.3, -0.25) is 0 Å². The van der Waals surface area contributed by atoms with Gasteiger partial charge in [0.25, 0.3) is 0 Å². The third kappa shape index (κ3) is 6.62. The predicted molar refractivity (Wildman–Crippen MR) is 108 cm³/mol. The molecule has 0 aromatic heterocycles. The second kappa shape index (κ2) is 11.3. The molecule has 2 aliphatic rings. The fraction of sp³-hybridized carbons (Fsp3) is 0.958. The van der Waals surface area contributed by atoms with Crippen molar-refractivity contribution in [3.05, 3.63) is 0 Å². The van der Waals surface area contributed by atoms with Gasteiger partial charge >= 0.3 is 0 Å². The highest BCUT2D eigenvalue weighted by Crippen LogP contribution is 2.48. The number of hydrogen-bond acceptors (Lipinski definition) is 1. The van der Waals surface area contributed by atoms with Crippen molar-refractivity contribution < 1.29 is 0 Å². The lowest BCUT2D eigenvalue weighted by Gasteiger charge is -2.42. The number of nitriles is 1. The molecular formula is C24H43N. The van der Waals surface area contributed by atoms with E-state index in [9.17, 15) is 5.26 Å². The maximum Gasteiger partial charge on any atom is 0.0689 e. The highest BCUT2D eigenvalue weighted by atomic mass is 14.5. The number of unbranched alkanes of at least 4 members (excludes halogenated alkanes) is 5. The molecule has 0 aliphatic heterocycles. The average Bonchev–Trinajstić information content (AvgIpc) is 2.66. The highest BCUT2D eigenvalue weighted by molar-refractivity contribution is 5.03. The average molecular weight is 346 g/mol. The molecule has 0 aromatic rings. The number of rotatable bonds is 10. The monoisotopic (exact) mass is 345 g/mol. The molecule has 0 bridgehead atoms. The zero-order chi connectivity index (χ0) is 18.0. The normalized spacial score (nSPS) is 33.1. The van der Waals surface area contributed by atoms with Gasteiger partial charge in [0, 0.05) is 0 Å². The molecule has 0 heterocycles. The molecule has 2 rings (SSSR count). The molecule has 25 heavy (non-hydrogen) atoms.